The fourth-order valence-electron chi connectivity index (χ4n) is 4.14. The molecule has 0 amide bonds. The fraction of sp³-hybridized carbons (Fsp3) is 0.200. The van der Waals surface area contributed by atoms with Crippen LogP contribution in [0.2, 0.25) is 0 Å². The largest absolute Gasteiger partial charge is 0.206 e. The van der Waals surface area contributed by atoms with Crippen LogP contribution in [0.25, 0.3) is 33.0 Å². The average molecular weight is 427 g/mol. The third kappa shape index (κ3) is 4.65. The Morgan fingerprint density at radius 1 is 0.750 bits per heavy atom. The molecule has 0 nitrogen and oxygen atoms in total. The smallest absolute Gasteiger partial charge is 0.138 e. The van der Waals surface area contributed by atoms with Crippen molar-refractivity contribution >= 4 is 10.8 Å². The zero-order chi connectivity index (χ0) is 22.5. The van der Waals surface area contributed by atoms with Crippen LogP contribution in [0.4, 0.5) is 8.78 Å². The predicted octanol–water partition coefficient (Wildman–Crippen LogP) is 8.91. The van der Waals surface area contributed by atoms with E-state index in [1.807, 2.05) is 48.5 Å². The van der Waals surface area contributed by atoms with Crippen LogP contribution in [0.5, 0.6) is 0 Å². The van der Waals surface area contributed by atoms with Crippen molar-refractivity contribution in [2.75, 3.05) is 0 Å². The molecule has 0 aliphatic heterocycles. The van der Waals surface area contributed by atoms with Crippen molar-refractivity contribution in [2.24, 2.45) is 0 Å². The number of aryl methyl sites for hydroxylation is 2. The van der Waals surface area contributed by atoms with Crippen molar-refractivity contribution in [1.82, 2.24) is 0 Å². The Balaban J connectivity index is 1.63. The van der Waals surface area contributed by atoms with E-state index in [2.05, 4.69) is 19.6 Å². The lowest BCUT2D eigenvalue weighted by atomic mass is 9.95. The first-order valence-corrected chi connectivity index (χ1v) is 11.3. The molecule has 0 saturated heterocycles. The van der Waals surface area contributed by atoms with Crippen LogP contribution in [0, 0.1) is 11.6 Å². The highest BCUT2D eigenvalue weighted by Gasteiger charge is 2.13. The number of hydrogen-bond donors (Lipinski definition) is 0. The molecule has 0 radical (unpaired) electrons. The summed E-state index contributed by atoms with van der Waals surface area (Å²) >= 11 is 0. The van der Waals surface area contributed by atoms with Crippen LogP contribution < -0.4 is 0 Å². The van der Waals surface area contributed by atoms with Gasteiger partial charge in [0, 0.05) is 16.5 Å². The van der Waals surface area contributed by atoms with Crippen molar-refractivity contribution in [2.45, 2.75) is 39.0 Å². The van der Waals surface area contributed by atoms with E-state index < -0.39 is 0 Å². The summed E-state index contributed by atoms with van der Waals surface area (Å²) in [7, 11) is 0. The Hall–Kier alpha value is -3.26. The van der Waals surface area contributed by atoms with E-state index in [-0.39, 0.29) is 11.6 Å². The highest BCUT2D eigenvalue weighted by molar-refractivity contribution is 5.89. The number of hydrogen-bond acceptors (Lipinski definition) is 0. The Morgan fingerprint density at radius 3 is 2.19 bits per heavy atom. The number of unbranched alkanes of at least 4 members (excludes halogenated alkanes) is 1. The molecule has 0 N–H and O–H groups in total. The van der Waals surface area contributed by atoms with Crippen molar-refractivity contribution in [3.63, 3.8) is 0 Å². The topological polar surface area (TPSA) is 0 Å². The molecular formula is C30H28F2. The van der Waals surface area contributed by atoms with Gasteiger partial charge in [-0.2, -0.15) is 0 Å². The number of rotatable bonds is 8. The molecule has 0 aliphatic rings. The minimum absolute atomic E-state index is 0.303. The van der Waals surface area contributed by atoms with Gasteiger partial charge in [0.05, 0.1) is 0 Å². The van der Waals surface area contributed by atoms with Gasteiger partial charge in [-0.1, -0.05) is 86.2 Å². The van der Waals surface area contributed by atoms with Gasteiger partial charge in [-0.15, -0.1) is 6.58 Å². The highest BCUT2D eigenvalue weighted by atomic mass is 19.1. The molecule has 4 aromatic carbocycles. The van der Waals surface area contributed by atoms with Crippen LogP contribution in [0.3, 0.4) is 0 Å². The van der Waals surface area contributed by atoms with Crippen molar-refractivity contribution < 1.29 is 8.78 Å². The maximum atomic E-state index is 15.3. The quantitative estimate of drug-likeness (QED) is 0.247. The molecule has 0 atom stereocenters. The second-order valence-electron chi connectivity index (χ2n) is 8.31. The van der Waals surface area contributed by atoms with E-state index in [0.717, 1.165) is 43.1 Å². The standard InChI is InChI=1S/C30H28F2/c1-3-5-7-21-9-12-23(13-10-21)26-17-14-25(20-29(26)31)28-18-15-24-19-22(8-6-4-2)11-16-27(24)30(28)32/h3,9-20H,1,4-8H2,2H3. The monoisotopic (exact) mass is 426 g/mol. The molecule has 32 heavy (non-hydrogen) atoms. The number of benzene rings is 4. The van der Waals surface area contributed by atoms with Gasteiger partial charge < -0.3 is 0 Å². The number of allylic oxidation sites excluding steroid dienone is 1. The molecule has 4 rings (SSSR count). The summed E-state index contributed by atoms with van der Waals surface area (Å²) in [6, 6.07) is 22.4. The normalized spacial score (nSPS) is 11.1. The molecule has 0 saturated carbocycles. The van der Waals surface area contributed by atoms with E-state index >= 15 is 8.78 Å². The maximum Gasteiger partial charge on any atom is 0.138 e. The summed E-state index contributed by atoms with van der Waals surface area (Å²) in [5.74, 6) is -0.654. The molecule has 4 aromatic rings. The maximum absolute atomic E-state index is 15.3. The molecule has 2 heteroatoms. The van der Waals surface area contributed by atoms with E-state index in [1.165, 1.54) is 17.2 Å². The first-order chi connectivity index (χ1) is 15.6. The lowest BCUT2D eigenvalue weighted by Gasteiger charge is -2.11. The first-order valence-electron chi connectivity index (χ1n) is 11.3. The molecule has 0 spiro atoms. The molecular weight excluding hydrogens is 398 g/mol. The zero-order valence-corrected chi connectivity index (χ0v) is 18.5. The van der Waals surface area contributed by atoms with Gasteiger partial charge in [-0.3, -0.25) is 0 Å². The second-order valence-corrected chi connectivity index (χ2v) is 8.31. The van der Waals surface area contributed by atoms with Gasteiger partial charge >= 0.3 is 0 Å². The van der Waals surface area contributed by atoms with Crippen LogP contribution in [0.1, 0.15) is 37.3 Å². The Morgan fingerprint density at radius 2 is 1.47 bits per heavy atom. The van der Waals surface area contributed by atoms with Gasteiger partial charge in [-0.25, -0.2) is 8.78 Å². The van der Waals surface area contributed by atoms with Crippen LogP contribution >= 0.6 is 0 Å². The Labute approximate surface area is 189 Å². The number of fused-ring (bicyclic) bond motifs is 1. The molecule has 162 valence electrons. The van der Waals surface area contributed by atoms with Crippen LogP contribution in [-0.4, -0.2) is 0 Å². The summed E-state index contributed by atoms with van der Waals surface area (Å²) in [4.78, 5) is 0. The molecule has 0 heterocycles. The average Bonchev–Trinajstić information content (AvgIpc) is 2.82. The minimum Gasteiger partial charge on any atom is -0.206 e. The van der Waals surface area contributed by atoms with E-state index in [9.17, 15) is 0 Å². The van der Waals surface area contributed by atoms with Crippen LogP contribution in [0.15, 0.2) is 85.5 Å². The molecule has 0 unspecified atom stereocenters. The highest BCUT2D eigenvalue weighted by Crippen LogP contribution is 2.33. The summed E-state index contributed by atoms with van der Waals surface area (Å²) in [5.41, 5.74) is 4.72. The Kier molecular flexibility index (Phi) is 6.80. The van der Waals surface area contributed by atoms with E-state index in [0.29, 0.717) is 22.1 Å². The van der Waals surface area contributed by atoms with Gasteiger partial charge in [0.25, 0.3) is 0 Å². The third-order valence-corrected chi connectivity index (χ3v) is 6.02. The predicted molar refractivity (Wildman–Crippen MR) is 132 cm³/mol. The summed E-state index contributed by atoms with van der Waals surface area (Å²) in [6.45, 7) is 5.91. The Bertz CT molecular complexity index is 1240. The fourth-order valence-corrected chi connectivity index (χ4v) is 4.14. The minimum atomic E-state index is -0.351. The van der Waals surface area contributed by atoms with Crippen molar-refractivity contribution in [3.05, 3.63) is 108 Å². The lowest BCUT2D eigenvalue weighted by molar-refractivity contribution is 0.630. The lowest BCUT2D eigenvalue weighted by Crippen LogP contribution is -1.92. The summed E-state index contributed by atoms with van der Waals surface area (Å²) < 4.78 is 30.3. The zero-order valence-electron chi connectivity index (χ0n) is 18.5. The second kappa shape index (κ2) is 9.91. The van der Waals surface area contributed by atoms with Gasteiger partial charge in [-0.05, 0) is 59.4 Å². The summed E-state index contributed by atoms with van der Waals surface area (Å²) in [6.07, 6.45) is 6.98. The van der Waals surface area contributed by atoms with Crippen molar-refractivity contribution in [1.29, 1.82) is 0 Å². The van der Waals surface area contributed by atoms with E-state index in [1.54, 1.807) is 18.2 Å². The first kappa shape index (κ1) is 22.0. The van der Waals surface area contributed by atoms with Gasteiger partial charge in [0.15, 0.2) is 0 Å². The third-order valence-electron chi connectivity index (χ3n) is 6.02. The molecule has 0 fully saturated rings. The van der Waals surface area contributed by atoms with Gasteiger partial charge in [0.1, 0.15) is 11.6 Å². The molecule has 0 bridgehead atoms. The van der Waals surface area contributed by atoms with E-state index in [4.69, 9.17) is 0 Å². The van der Waals surface area contributed by atoms with Crippen molar-refractivity contribution in [3.8, 4) is 22.3 Å². The number of halogens is 2. The molecule has 0 aliphatic carbocycles. The molecule has 0 aromatic heterocycles. The van der Waals surface area contributed by atoms with Crippen LogP contribution in [-0.2, 0) is 12.8 Å². The SMILES string of the molecule is C=CCCc1ccc(-c2ccc(-c3ccc4cc(CCCC)ccc4c3F)cc2F)cc1. The summed E-state index contributed by atoms with van der Waals surface area (Å²) in [5, 5.41) is 1.45. The van der Waals surface area contributed by atoms with Gasteiger partial charge in [0.2, 0.25) is 0 Å².